The lowest BCUT2D eigenvalue weighted by Crippen LogP contribution is -2.51. The summed E-state index contributed by atoms with van der Waals surface area (Å²) in [4.78, 5) is 20.6. The summed E-state index contributed by atoms with van der Waals surface area (Å²) in [5, 5.41) is 5.16. The highest BCUT2D eigenvalue weighted by Crippen LogP contribution is 2.39. The van der Waals surface area contributed by atoms with Gasteiger partial charge in [-0.15, -0.1) is 0 Å². The molecule has 3 aliphatic rings. The molecule has 0 radical (unpaired) electrons. The number of hydrogen-bond acceptors (Lipinski definition) is 7. The number of rotatable bonds is 7. The predicted octanol–water partition coefficient (Wildman–Crippen LogP) is 3.30. The Balaban J connectivity index is 1.30. The van der Waals surface area contributed by atoms with E-state index in [1.54, 1.807) is 18.8 Å². The van der Waals surface area contributed by atoms with Crippen molar-refractivity contribution >= 4 is 16.5 Å². The number of ether oxygens (including phenoxy) is 2. The van der Waals surface area contributed by atoms with E-state index in [-0.39, 0.29) is 5.56 Å². The number of likely N-dealkylation sites (tertiary alicyclic amines) is 1. The standard InChI is InChI=1S/C31H41N5O3/c1-33-20-27(26-19-24(35-11-4-12-35)5-6-25(26)31(33)37)22-17-29(38-2)28(30(18-22)39-3)21-34-13-7-23(8-14-34)36-15-9-32-10-16-36/h5-6,17-20,23,32H,4,7-16,21H2,1-3H3. The Morgan fingerprint density at radius 2 is 1.59 bits per heavy atom. The number of nitrogens with zero attached hydrogens (tertiary/aromatic N) is 4. The molecule has 3 saturated heterocycles. The molecular weight excluding hydrogens is 490 g/mol. The highest BCUT2D eigenvalue weighted by molar-refractivity contribution is 5.98. The summed E-state index contributed by atoms with van der Waals surface area (Å²) >= 11 is 0. The van der Waals surface area contributed by atoms with Gasteiger partial charge in [0.15, 0.2) is 0 Å². The van der Waals surface area contributed by atoms with Crippen LogP contribution in [0.2, 0.25) is 0 Å². The zero-order valence-electron chi connectivity index (χ0n) is 23.5. The number of aromatic nitrogens is 1. The van der Waals surface area contributed by atoms with Gasteiger partial charge in [-0.3, -0.25) is 14.6 Å². The predicted molar refractivity (Wildman–Crippen MR) is 157 cm³/mol. The Bertz CT molecular complexity index is 1360. The number of fused-ring (bicyclic) bond motifs is 1. The topological polar surface area (TPSA) is 62.2 Å². The summed E-state index contributed by atoms with van der Waals surface area (Å²) in [6, 6.07) is 11.1. The minimum Gasteiger partial charge on any atom is -0.496 e. The van der Waals surface area contributed by atoms with E-state index in [0.717, 1.165) is 97.9 Å². The molecule has 4 heterocycles. The van der Waals surface area contributed by atoms with E-state index in [2.05, 4.69) is 44.3 Å². The van der Waals surface area contributed by atoms with Gasteiger partial charge in [0, 0.05) is 81.7 Å². The molecule has 6 rings (SSSR count). The number of pyridine rings is 1. The first-order chi connectivity index (χ1) is 19.1. The van der Waals surface area contributed by atoms with Gasteiger partial charge in [-0.1, -0.05) is 0 Å². The second-order valence-corrected chi connectivity index (χ2v) is 11.2. The third-order valence-electron chi connectivity index (χ3n) is 8.91. The normalized spacial score (nSPS) is 19.3. The maximum atomic E-state index is 13.0. The number of methoxy groups -OCH3 is 2. The molecule has 0 amide bonds. The van der Waals surface area contributed by atoms with E-state index in [1.807, 2.05) is 19.3 Å². The molecule has 8 nitrogen and oxygen atoms in total. The van der Waals surface area contributed by atoms with E-state index in [1.165, 1.54) is 24.9 Å². The lowest BCUT2D eigenvalue weighted by Gasteiger charge is -2.40. The van der Waals surface area contributed by atoms with Gasteiger partial charge in [0.2, 0.25) is 0 Å². The molecule has 0 atom stereocenters. The van der Waals surface area contributed by atoms with E-state index < -0.39 is 0 Å². The minimum atomic E-state index is 0.0173. The summed E-state index contributed by atoms with van der Waals surface area (Å²) in [5.74, 6) is 1.66. The monoisotopic (exact) mass is 531 g/mol. The summed E-state index contributed by atoms with van der Waals surface area (Å²) < 4.78 is 13.6. The molecule has 3 aliphatic heterocycles. The van der Waals surface area contributed by atoms with Crippen LogP contribution >= 0.6 is 0 Å². The Morgan fingerprint density at radius 3 is 2.21 bits per heavy atom. The number of anilines is 1. The molecule has 0 saturated carbocycles. The lowest BCUT2D eigenvalue weighted by atomic mass is 9.96. The second kappa shape index (κ2) is 11.2. The molecule has 3 fully saturated rings. The molecule has 1 N–H and O–H groups in total. The summed E-state index contributed by atoms with van der Waals surface area (Å²) in [5.41, 5.74) is 4.27. The van der Waals surface area contributed by atoms with E-state index in [9.17, 15) is 4.79 Å². The average Bonchev–Trinajstić information content (AvgIpc) is 2.95. The highest BCUT2D eigenvalue weighted by atomic mass is 16.5. The Hall–Kier alpha value is -3.07. The number of nitrogens with one attached hydrogen (secondary N) is 1. The fourth-order valence-corrected chi connectivity index (χ4v) is 6.46. The zero-order valence-corrected chi connectivity index (χ0v) is 23.5. The average molecular weight is 532 g/mol. The SMILES string of the molecule is COc1cc(-c2cn(C)c(=O)c3ccc(N4CCC4)cc23)cc(OC)c1CN1CCC(N2CCNCC2)CC1. The van der Waals surface area contributed by atoms with E-state index in [4.69, 9.17) is 9.47 Å². The summed E-state index contributed by atoms with van der Waals surface area (Å²) in [7, 11) is 5.29. The molecule has 0 spiro atoms. The Labute approximate surface area is 231 Å². The van der Waals surface area contributed by atoms with Crippen LogP contribution in [0.15, 0.2) is 41.3 Å². The number of piperidine rings is 1. The molecule has 0 bridgehead atoms. The van der Waals surface area contributed by atoms with Crippen molar-refractivity contribution in [2.24, 2.45) is 7.05 Å². The van der Waals surface area contributed by atoms with Crippen LogP contribution in [-0.4, -0.2) is 87.0 Å². The smallest absolute Gasteiger partial charge is 0.258 e. The fourth-order valence-electron chi connectivity index (χ4n) is 6.46. The Kier molecular flexibility index (Phi) is 7.51. The van der Waals surface area contributed by atoms with Gasteiger partial charge >= 0.3 is 0 Å². The van der Waals surface area contributed by atoms with Crippen LogP contribution < -0.4 is 25.2 Å². The van der Waals surface area contributed by atoms with Crippen molar-refractivity contribution in [2.45, 2.75) is 31.8 Å². The number of aryl methyl sites for hydroxylation is 1. The van der Waals surface area contributed by atoms with Crippen LogP contribution in [0.25, 0.3) is 21.9 Å². The van der Waals surface area contributed by atoms with E-state index in [0.29, 0.717) is 6.04 Å². The van der Waals surface area contributed by atoms with Crippen LogP contribution in [-0.2, 0) is 13.6 Å². The van der Waals surface area contributed by atoms with Gasteiger partial charge in [0.1, 0.15) is 11.5 Å². The van der Waals surface area contributed by atoms with Gasteiger partial charge in [-0.2, -0.15) is 0 Å². The molecular formula is C31H41N5O3. The van der Waals surface area contributed by atoms with Crippen LogP contribution in [0.1, 0.15) is 24.8 Å². The first kappa shape index (κ1) is 26.2. The highest BCUT2D eigenvalue weighted by Gasteiger charge is 2.27. The second-order valence-electron chi connectivity index (χ2n) is 11.2. The van der Waals surface area contributed by atoms with Crippen molar-refractivity contribution in [3.8, 4) is 22.6 Å². The zero-order chi connectivity index (χ0) is 26.9. The van der Waals surface area contributed by atoms with Crippen LogP contribution in [0.5, 0.6) is 11.5 Å². The first-order valence-corrected chi connectivity index (χ1v) is 14.4. The van der Waals surface area contributed by atoms with Gasteiger partial charge < -0.3 is 24.3 Å². The van der Waals surface area contributed by atoms with Gasteiger partial charge in [0.05, 0.1) is 19.8 Å². The molecule has 208 valence electrons. The van der Waals surface area contributed by atoms with Gasteiger partial charge in [0.25, 0.3) is 5.56 Å². The Morgan fingerprint density at radius 1 is 0.897 bits per heavy atom. The molecule has 1 aromatic heterocycles. The van der Waals surface area contributed by atoms with Crippen molar-refractivity contribution in [1.29, 1.82) is 0 Å². The largest absolute Gasteiger partial charge is 0.496 e. The fraction of sp³-hybridized carbons (Fsp3) is 0.516. The maximum Gasteiger partial charge on any atom is 0.258 e. The van der Waals surface area contributed by atoms with Gasteiger partial charge in [-0.05, 0) is 73.6 Å². The molecule has 0 aliphatic carbocycles. The summed E-state index contributed by atoms with van der Waals surface area (Å²) in [6.07, 6.45) is 5.56. The van der Waals surface area contributed by atoms with Crippen molar-refractivity contribution in [2.75, 3.05) is 71.5 Å². The number of hydrogen-bond donors (Lipinski definition) is 1. The number of benzene rings is 2. The third kappa shape index (κ3) is 5.13. The molecule has 8 heteroatoms. The molecule has 2 aromatic carbocycles. The molecule has 39 heavy (non-hydrogen) atoms. The third-order valence-corrected chi connectivity index (χ3v) is 8.91. The maximum absolute atomic E-state index is 13.0. The molecule has 3 aromatic rings. The van der Waals surface area contributed by atoms with E-state index >= 15 is 0 Å². The van der Waals surface area contributed by atoms with Crippen LogP contribution in [0, 0.1) is 0 Å². The van der Waals surface area contributed by atoms with Crippen molar-refractivity contribution in [1.82, 2.24) is 19.7 Å². The van der Waals surface area contributed by atoms with Crippen LogP contribution in [0.4, 0.5) is 5.69 Å². The quantitative estimate of drug-likeness (QED) is 0.502. The van der Waals surface area contributed by atoms with Crippen LogP contribution in [0.3, 0.4) is 0 Å². The lowest BCUT2D eigenvalue weighted by molar-refractivity contribution is 0.0940. The van der Waals surface area contributed by atoms with Gasteiger partial charge in [-0.25, -0.2) is 0 Å². The van der Waals surface area contributed by atoms with Crippen molar-refractivity contribution in [3.63, 3.8) is 0 Å². The van der Waals surface area contributed by atoms with Crippen molar-refractivity contribution < 1.29 is 9.47 Å². The minimum absolute atomic E-state index is 0.0173. The number of piperazine rings is 1. The molecule has 0 unspecified atom stereocenters. The first-order valence-electron chi connectivity index (χ1n) is 14.4. The summed E-state index contributed by atoms with van der Waals surface area (Å²) in [6.45, 7) is 9.61. The van der Waals surface area contributed by atoms with Crippen molar-refractivity contribution in [3.05, 3.63) is 52.4 Å².